The molecule has 2 nitrogen and oxygen atoms in total. The normalized spacial score (nSPS) is 11.9. The fourth-order valence-corrected chi connectivity index (χ4v) is 2.01. The van der Waals surface area contributed by atoms with Crippen molar-refractivity contribution in [3.05, 3.63) is 39.8 Å². The lowest BCUT2D eigenvalue weighted by Crippen LogP contribution is -2.05. The van der Waals surface area contributed by atoms with E-state index in [4.69, 9.17) is 27.6 Å². The van der Waals surface area contributed by atoms with Gasteiger partial charge in [-0.25, -0.2) is 4.98 Å². The second-order valence-corrected chi connectivity index (χ2v) is 4.30. The van der Waals surface area contributed by atoms with Gasteiger partial charge in [-0.3, -0.25) is 0 Å². The van der Waals surface area contributed by atoms with E-state index in [1.54, 1.807) is 6.92 Å². The van der Waals surface area contributed by atoms with Gasteiger partial charge in [0, 0.05) is 5.56 Å². The second-order valence-electron chi connectivity index (χ2n) is 3.57. The third kappa shape index (κ3) is 2.47. The SMILES string of the molecule is Cc1nc(Cl)oc1-c1ccc(C(F)(F)F)c(Cl)c1. The van der Waals surface area contributed by atoms with Gasteiger partial charge in [-0.1, -0.05) is 17.7 Å². The summed E-state index contributed by atoms with van der Waals surface area (Å²) < 4.78 is 42.7. The first kappa shape index (κ1) is 13.2. The molecular weight excluding hydrogens is 290 g/mol. The molecule has 0 saturated carbocycles. The molecule has 7 heteroatoms. The molecule has 2 rings (SSSR count). The first-order chi connectivity index (χ1) is 8.29. The molecule has 0 aliphatic carbocycles. The number of aromatic nitrogens is 1. The number of hydrogen-bond donors (Lipinski definition) is 0. The molecule has 1 heterocycles. The van der Waals surface area contributed by atoms with E-state index in [2.05, 4.69) is 4.98 Å². The van der Waals surface area contributed by atoms with Crippen LogP contribution >= 0.6 is 23.2 Å². The molecule has 0 radical (unpaired) electrons. The maximum absolute atomic E-state index is 12.5. The largest absolute Gasteiger partial charge is 0.427 e. The van der Waals surface area contributed by atoms with Crippen molar-refractivity contribution in [3.8, 4) is 11.3 Å². The highest BCUT2D eigenvalue weighted by atomic mass is 35.5. The van der Waals surface area contributed by atoms with Crippen molar-refractivity contribution in [2.24, 2.45) is 0 Å². The van der Waals surface area contributed by atoms with Crippen LogP contribution in [-0.2, 0) is 6.18 Å². The van der Waals surface area contributed by atoms with E-state index in [1.807, 2.05) is 0 Å². The Balaban J connectivity index is 2.50. The van der Waals surface area contributed by atoms with Crippen LogP contribution < -0.4 is 0 Å². The first-order valence-electron chi connectivity index (χ1n) is 4.79. The van der Waals surface area contributed by atoms with E-state index in [-0.39, 0.29) is 5.35 Å². The Morgan fingerprint density at radius 1 is 1.22 bits per heavy atom. The zero-order chi connectivity index (χ0) is 13.5. The molecule has 1 aromatic carbocycles. The van der Waals surface area contributed by atoms with Crippen LogP contribution in [0.25, 0.3) is 11.3 Å². The maximum Gasteiger partial charge on any atom is 0.417 e. The van der Waals surface area contributed by atoms with E-state index < -0.39 is 16.8 Å². The van der Waals surface area contributed by atoms with Crippen molar-refractivity contribution in [1.82, 2.24) is 4.98 Å². The van der Waals surface area contributed by atoms with Gasteiger partial charge in [0.2, 0.25) is 0 Å². The van der Waals surface area contributed by atoms with E-state index in [1.165, 1.54) is 12.1 Å². The van der Waals surface area contributed by atoms with Crippen LogP contribution in [0.4, 0.5) is 13.2 Å². The summed E-state index contributed by atoms with van der Waals surface area (Å²) >= 11 is 11.2. The lowest BCUT2D eigenvalue weighted by Gasteiger charge is -2.09. The summed E-state index contributed by atoms with van der Waals surface area (Å²) in [5.74, 6) is 0.302. The third-order valence-corrected chi connectivity index (χ3v) is 2.78. The first-order valence-corrected chi connectivity index (χ1v) is 5.54. The van der Waals surface area contributed by atoms with Gasteiger partial charge >= 0.3 is 6.18 Å². The predicted molar refractivity (Wildman–Crippen MR) is 61.7 cm³/mol. The lowest BCUT2D eigenvalue weighted by atomic mass is 10.1. The Morgan fingerprint density at radius 2 is 1.89 bits per heavy atom. The lowest BCUT2D eigenvalue weighted by molar-refractivity contribution is -0.137. The van der Waals surface area contributed by atoms with Gasteiger partial charge in [-0.15, -0.1) is 0 Å². The number of oxazole rings is 1. The third-order valence-electron chi connectivity index (χ3n) is 2.31. The number of aryl methyl sites for hydroxylation is 1. The van der Waals surface area contributed by atoms with E-state index in [9.17, 15) is 13.2 Å². The summed E-state index contributed by atoms with van der Waals surface area (Å²) in [4.78, 5) is 3.82. The Kier molecular flexibility index (Phi) is 3.29. The van der Waals surface area contributed by atoms with E-state index >= 15 is 0 Å². The van der Waals surface area contributed by atoms with Crippen molar-refractivity contribution in [1.29, 1.82) is 0 Å². The zero-order valence-corrected chi connectivity index (χ0v) is 10.5. The summed E-state index contributed by atoms with van der Waals surface area (Å²) in [6, 6.07) is 3.33. The Morgan fingerprint density at radius 3 is 2.33 bits per heavy atom. The minimum atomic E-state index is -4.48. The molecule has 0 saturated heterocycles. The van der Waals surface area contributed by atoms with Crippen LogP contribution in [0, 0.1) is 6.92 Å². The summed E-state index contributed by atoms with van der Waals surface area (Å²) in [6.45, 7) is 1.64. The van der Waals surface area contributed by atoms with Gasteiger partial charge in [0.25, 0.3) is 5.35 Å². The van der Waals surface area contributed by atoms with Crippen LogP contribution in [0.3, 0.4) is 0 Å². The van der Waals surface area contributed by atoms with Crippen LogP contribution in [0.2, 0.25) is 10.4 Å². The maximum atomic E-state index is 12.5. The van der Waals surface area contributed by atoms with Crippen LogP contribution in [0.1, 0.15) is 11.3 Å². The van der Waals surface area contributed by atoms with Gasteiger partial charge in [-0.05, 0) is 30.7 Å². The average molecular weight is 296 g/mol. The number of benzene rings is 1. The van der Waals surface area contributed by atoms with E-state index in [0.717, 1.165) is 6.07 Å². The molecule has 0 fully saturated rings. The molecule has 0 spiro atoms. The minimum absolute atomic E-state index is 0.0708. The monoisotopic (exact) mass is 295 g/mol. The van der Waals surface area contributed by atoms with Crippen molar-refractivity contribution >= 4 is 23.2 Å². The Bertz CT molecular complexity index is 592. The molecule has 0 unspecified atom stereocenters. The molecule has 0 atom stereocenters. The number of hydrogen-bond acceptors (Lipinski definition) is 2. The Hall–Kier alpha value is -1.20. The minimum Gasteiger partial charge on any atom is -0.427 e. The topological polar surface area (TPSA) is 26.0 Å². The standard InChI is InChI=1S/C11H6Cl2F3NO/c1-5-9(18-10(13)17-5)6-2-3-7(8(12)4-6)11(14,15)16/h2-4H,1H3. The van der Waals surface area contributed by atoms with Crippen molar-refractivity contribution in [3.63, 3.8) is 0 Å². The molecule has 18 heavy (non-hydrogen) atoms. The zero-order valence-electron chi connectivity index (χ0n) is 8.98. The molecule has 2 aromatic rings. The summed E-state index contributed by atoms with van der Waals surface area (Å²) in [5, 5.41) is -0.467. The van der Waals surface area contributed by atoms with Crippen molar-refractivity contribution in [2.75, 3.05) is 0 Å². The molecule has 1 aromatic heterocycles. The smallest absolute Gasteiger partial charge is 0.417 e. The summed E-state index contributed by atoms with van der Waals surface area (Å²) in [5.41, 5.74) is -0.0168. The fraction of sp³-hybridized carbons (Fsp3) is 0.182. The highest BCUT2D eigenvalue weighted by Gasteiger charge is 2.33. The molecule has 0 amide bonds. The van der Waals surface area contributed by atoms with Gasteiger partial charge in [0.05, 0.1) is 16.3 Å². The molecule has 0 aliphatic heterocycles. The summed E-state index contributed by atoms with van der Waals surface area (Å²) in [6.07, 6.45) is -4.48. The van der Waals surface area contributed by atoms with Crippen LogP contribution in [-0.4, -0.2) is 4.98 Å². The average Bonchev–Trinajstić information content (AvgIpc) is 2.55. The number of alkyl halides is 3. The highest BCUT2D eigenvalue weighted by molar-refractivity contribution is 6.31. The fourth-order valence-electron chi connectivity index (χ4n) is 1.52. The van der Waals surface area contributed by atoms with Crippen molar-refractivity contribution < 1.29 is 17.6 Å². The molecule has 0 aliphatic rings. The van der Waals surface area contributed by atoms with Gasteiger partial charge in [0.1, 0.15) is 0 Å². The van der Waals surface area contributed by atoms with Gasteiger partial charge < -0.3 is 4.42 Å². The van der Waals surface area contributed by atoms with Crippen LogP contribution in [0.5, 0.6) is 0 Å². The molecule has 96 valence electrons. The van der Waals surface area contributed by atoms with E-state index in [0.29, 0.717) is 17.0 Å². The van der Waals surface area contributed by atoms with Gasteiger partial charge in [0.15, 0.2) is 5.76 Å². The quantitative estimate of drug-likeness (QED) is 0.742. The number of nitrogens with zero attached hydrogens (tertiary/aromatic N) is 1. The second kappa shape index (κ2) is 4.48. The Labute approximate surface area is 110 Å². The highest BCUT2D eigenvalue weighted by Crippen LogP contribution is 2.37. The van der Waals surface area contributed by atoms with Crippen LogP contribution in [0.15, 0.2) is 22.6 Å². The molecule has 0 N–H and O–H groups in total. The predicted octanol–water partition coefficient (Wildman–Crippen LogP) is 4.98. The number of halogens is 5. The number of rotatable bonds is 1. The summed E-state index contributed by atoms with van der Waals surface area (Å²) in [7, 11) is 0. The van der Waals surface area contributed by atoms with Crippen molar-refractivity contribution in [2.45, 2.75) is 13.1 Å². The molecular formula is C11H6Cl2F3NO. The molecule has 0 bridgehead atoms. The van der Waals surface area contributed by atoms with Gasteiger partial charge in [-0.2, -0.15) is 13.2 Å².